The Bertz CT molecular complexity index is 800. The van der Waals surface area contributed by atoms with Crippen LogP contribution in [0.15, 0.2) is 42.5 Å². The van der Waals surface area contributed by atoms with Crippen LogP contribution in [0.3, 0.4) is 0 Å². The van der Waals surface area contributed by atoms with Crippen molar-refractivity contribution in [3.05, 3.63) is 58.9 Å². The molecule has 0 aliphatic rings. The summed E-state index contributed by atoms with van der Waals surface area (Å²) in [5, 5.41) is 12.6. The molecular formula is C23H29ClFNO3. The van der Waals surface area contributed by atoms with Crippen LogP contribution >= 0.6 is 11.6 Å². The SMILES string of the molecule is CC[C@@H](N[C@H](C)CC(=O)C[C@H](C)CO)c1ccc(Cl)c(Oc2ccccc2)c1F. The molecule has 0 aliphatic carbocycles. The molecule has 0 aromatic heterocycles. The van der Waals surface area contributed by atoms with Crippen molar-refractivity contribution < 1.29 is 19.0 Å². The second-order valence-corrected chi connectivity index (χ2v) is 7.87. The molecule has 0 amide bonds. The minimum Gasteiger partial charge on any atom is -0.453 e. The van der Waals surface area contributed by atoms with E-state index in [1.54, 1.807) is 36.4 Å². The number of aliphatic hydroxyl groups is 1. The third-order valence-corrected chi connectivity index (χ3v) is 5.03. The van der Waals surface area contributed by atoms with Gasteiger partial charge in [0.25, 0.3) is 0 Å². The molecule has 0 fully saturated rings. The van der Waals surface area contributed by atoms with Crippen LogP contribution in [0.4, 0.5) is 4.39 Å². The van der Waals surface area contributed by atoms with Crippen molar-refractivity contribution in [3.8, 4) is 11.5 Å². The van der Waals surface area contributed by atoms with Crippen LogP contribution in [0.1, 0.15) is 51.6 Å². The standard InChI is InChI=1S/C23H29ClFNO3/c1-4-21(26-16(3)13-17(28)12-15(2)14-27)19-10-11-20(24)23(22(19)25)29-18-8-6-5-7-9-18/h5-11,15-16,21,26-27H,4,12-14H2,1-3H3/t15-,16+,21+/m0/s1. The first-order chi connectivity index (χ1) is 13.8. The van der Waals surface area contributed by atoms with Gasteiger partial charge in [0.05, 0.1) is 5.02 Å². The molecule has 0 spiro atoms. The maximum Gasteiger partial charge on any atom is 0.181 e. The fraction of sp³-hybridized carbons (Fsp3) is 0.435. The van der Waals surface area contributed by atoms with Crippen LogP contribution < -0.4 is 10.1 Å². The van der Waals surface area contributed by atoms with Crippen LogP contribution in [0.25, 0.3) is 0 Å². The van der Waals surface area contributed by atoms with Crippen LogP contribution in [0, 0.1) is 11.7 Å². The molecular weight excluding hydrogens is 393 g/mol. The summed E-state index contributed by atoms with van der Waals surface area (Å²) in [6.45, 7) is 5.68. The largest absolute Gasteiger partial charge is 0.453 e. The van der Waals surface area contributed by atoms with E-state index in [0.29, 0.717) is 30.6 Å². The Balaban J connectivity index is 2.14. The molecule has 2 rings (SSSR count). The van der Waals surface area contributed by atoms with Gasteiger partial charge in [-0.2, -0.15) is 0 Å². The Labute approximate surface area is 177 Å². The number of ketones is 1. The second-order valence-electron chi connectivity index (χ2n) is 7.46. The number of halogens is 2. The van der Waals surface area contributed by atoms with E-state index < -0.39 is 5.82 Å². The van der Waals surface area contributed by atoms with Crippen molar-refractivity contribution in [2.24, 2.45) is 5.92 Å². The first-order valence-electron chi connectivity index (χ1n) is 9.95. The lowest BCUT2D eigenvalue weighted by Crippen LogP contribution is -2.33. The van der Waals surface area contributed by atoms with Gasteiger partial charge in [-0.25, -0.2) is 4.39 Å². The van der Waals surface area contributed by atoms with Gasteiger partial charge in [-0.05, 0) is 37.5 Å². The van der Waals surface area contributed by atoms with Crippen LogP contribution in [0.2, 0.25) is 5.02 Å². The van der Waals surface area contributed by atoms with E-state index >= 15 is 4.39 Å². The maximum absolute atomic E-state index is 15.2. The molecule has 0 saturated heterocycles. The van der Waals surface area contributed by atoms with Gasteiger partial charge in [-0.3, -0.25) is 4.79 Å². The molecule has 0 saturated carbocycles. The summed E-state index contributed by atoms with van der Waals surface area (Å²) in [5.74, 6) is 0.0156. The van der Waals surface area contributed by atoms with Gasteiger partial charge < -0.3 is 15.2 Å². The molecule has 2 aromatic rings. The van der Waals surface area contributed by atoms with Crippen LogP contribution in [0.5, 0.6) is 11.5 Å². The zero-order valence-corrected chi connectivity index (χ0v) is 17.9. The lowest BCUT2D eigenvalue weighted by molar-refractivity contribution is -0.120. The monoisotopic (exact) mass is 421 g/mol. The molecule has 0 unspecified atom stereocenters. The quantitative estimate of drug-likeness (QED) is 0.490. The highest BCUT2D eigenvalue weighted by atomic mass is 35.5. The molecule has 0 bridgehead atoms. The van der Waals surface area contributed by atoms with Crippen molar-refractivity contribution >= 4 is 17.4 Å². The number of nitrogens with one attached hydrogen (secondary N) is 1. The summed E-state index contributed by atoms with van der Waals surface area (Å²) in [5.41, 5.74) is 0.450. The van der Waals surface area contributed by atoms with Crippen LogP contribution in [-0.2, 0) is 4.79 Å². The number of aliphatic hydroxyl groups excluding tert-OH is 1. The third-order valence-electron chi connectivity index (χ3n) is 4.73. The minimum atomic E-state index is -0.506. The molecule has 29 heavy (non-hydrogen) atoms. The smallest absolute Gasteiger partial charge is 0.181 e. The Hall–Kier alpha value is -1.95. The summed E-state index contributed by atoms with van der Waals surface area (Å²) >= 11 is 6.19. The molecule has 6 heteroatoms. The number of ether oxygens (including phenoxy) is 1. The normalized spacial score (nSPS) is 14.3. The lowest BCUT2D eigenvalue weighted by Gasteiger charge is -2.24. The zero-order chi connectivity index (χ0) is 21.4. The van der Waals surface area contributed by atoms with E-state index in [0.717, 1.165) is 0 Å². The fourth-order valence-corrected chi connectivity index (χ4v) is 3.41. The Kier molecular flexibility index (Phi) is 9.08. The van der Waals surface area contributed by atoms with Gasteiger partial charge in [0.2, 0.25) is 0 Å². The summed E-state index contributed by atoms with van der Waals surface area (Å²) in [4.78, 5) is 12.1. The van der Waals surface area contributed by atoms with E-state index in [4.69, 9.17) is 21.4 Å². The van der Waals surface area contributed by atoms with Gasteiger partial charge in [-0.1, -0.05) is 49.7 Å². The van der Waals surface area contributed by atoms with E-state index in [9.17, 15) is 4.79 Å². The van der Waals surface area contributed by atoms with Crippen molar-refractivity contribution in [2.45, 2.75) is 52.1 Å². The van der Waals surface area contributed by atoms with Gasteiger partial charge in [0.1, 0.15) is 11.5 Å². The first-order valence-corrected chi connectivity index (χ1v) is 10.3. The fourth-order valence-electron chi connectivity index (χ4n) is 3.22. The van der Waals surface area contributed by atoms with Gasteiger partial charge in [-0.15, -0.1) is 0 Å². The summed E-state index contributed by atoms with van der Waals surface area (Å²) in [6.07, 6.45) is 1.29. The topological polar surface area (TPSA) is 58.6 Å². The zero-order valence-electron chi connectivity index (χ0n) is 17.1. The van der Waals surface area contributed by atoms with E-state index in [2.05, 4.69) is 5.32 Å². The Morgan fingerprint density at radius 3 is 2.48 bits per heavy atom. The van der Waals surface area contributed by atoms with Crippen molar-refractivity contribution in [3.63, 3.8) is 0 Å². The molecule has 2 aromatic carbocycles. The Morgan fingerprint density at radius 1 is 1.17 bits per heavy atom. The van der Waals surface area contributed by atoms with Gasteiger partial charge >= 0.3 is 0 Å². The Morgan fingerprint density at radius 2 is 1.86 bits per heavy atom. The van der Waals surface area contributed by atoms with E-state index in [1.807, 2.05) is 26.8 Å². The number of benzene rings is 2. The number of carbonyl (C=O) groups excluding carboxylic acids is 1. The van der Waals surface area contributed by atoms with E-state index in [1.165, 1.54) is 0 Å². The van der Waals surface area contributed by atoms with Crippen molar-refractivity contribution in [1.29, 1.82) is 0 Å². The highest BCUT2D eigenvalue weighted by Gasteiger charge is 2.22. The first kappa shape index (κ1) is 23.3. The molecule has 0 radical (unpaired) electrons. The maximum atomic E-state index is 15.2. The highest BCUT2D eigenvalue weighted by molar-refractivity contribution is 6.32. The predicted octanol–water partition coefficient (Wildman–Crippen LogP) is 5.68. The molecule has 3 atom stereocenters. The molecule has 2 N–H and O–H groups in total. The predicted molar refractivity (Wildman–Crippen MR) is 114 cm³/mol. The van der Waals surface area contributed by atoms with E-state index in [-0.39, 0.29) is 41.2 Å². The van der Waals surface area contributed by atoms with Gasteiger partial charge in [0, 0.05) is 37.1 Å². The number of rotatable bonds is 11. The number of para-hydroxylation sites is 1. The third kappa shape index (κ3) is 6.81. The summed E-state index contributed by atoms with van der Waals surface area (Å²) < 4.78 is 20.9. The average molecular weight is 422 g/mol. The average Bonchev–Trinajstić information content (AvgIpc) is 2.70. The molecule has 0 aliphatic heterocycles. The highest BCUT2D eigenvalue weighted by Crippen LogP contribution is 2.36. The lowest BCUT2D eigenvalue weighted by atomic mass is 9.98. The van der Waals surface area contributed by atoms with Crippen molar-refractivity contribution in [1.82, 2.24) is 5.32 Å². The second kappa shape index (κ2) is 11.3. The minimum absolute atomic E-state index is 0.00360. The summed E-state index contributed by atoms with van der Waals surface area (Å²) in [7, 11) is 0. The number of hydrogen-bond donors (Lipinski definition) is 2. The van der Waals surface area contributed by atoms with Gasteiger partial charge in [0.15, 0.2) is 11.6 Å². The summed E-state index contributed by atoms with van der Waals surface area (Å²) in [6, 6.07) is 11.8. The molecule has 0 heterocycles. The number of Topliss-reactive ketones (excluding diaryl/α,β-unsaturated/α-hetero) is 1. The van der Waals surface area contributed by atoms with Crippen LogP contribution in [-0.4, -0.2) is 23.5 Å². The number of hydrogen-bond acceptors (Lipinski definition) is 4. The molecule has 158 valence electrons. The van der Waals surface area contributed by atoms with Crippen molar-refractivity contribution in [2.75, 3.05) is 6.61 Å². The molecule has 4 nitrogen and oxygen atoms in total. The number of carbonyl (C=O) groups is 1.